The molecule has 0 radical (unpaired) electrons. The van der Waals surface area contributed by atoms with Crippen LogP contribution in [-0.2, 0) is 6.54 Å². The van der Waals surface area contributed by atoms with Gasteiger partial charge in [-0.2, -0.15) is 5.10 Å². The molecule has 1 N–H and O–H groups in total. The SMILES string of the molecule is CN(C)CCn1ncc(Cl)c1C(O)C1CCCC1. The van der Waals surface area contributed by atoms with Crippen LogP contribution in [0.15, 0.2) is 6.20 Å². The Hall–Kier alpha value is -0.580. The number of aromatic nitrogens is 2. The van der Waals surface area contributed by atoms with Gasteiger partial charge in [0.2, 0.25) is 0 Å². The van der Waals surface area contributed by atoms with Crippen molar-refractivity contribution in [3.63, 3.8) is 0 Å². The summed E-state index contributed by atoms with van der Waals surface area (Å²) in [6.45, 7) is 1.65. The highest BCUT2D eigenvalue weighted by atomic mass is 35.5. The minimum Gasteiger partial charge on any atom is -0.386 e. The van der Waals surface area contributed by atoms with Gasteiger partial charge in [0.1, 0.15) is 0 Å². The first-order valence-corrected chi connectivity index (χ1v) is 7.01. The van der Waals surface area contributed by atoms with Crippen molar-refractivity contribution < 1.29 is 5.11 Å². The Labute approximate surface area is 114 Å². The number of nitrogens with zero attached hydrogens (tertiary/aromatic N) is 3. The summed E-state index contributed by atoms with van der Waals surface area (Å²) in [5, 5.41) is 15.3. The van der Waals surface area contributed by atoms with Crippen LogP contribution >= 0.6 is 11.6 Å². The molecule has 1 aliphatic carbocycles. The molecule has 0 amide bonds. The molecular formula is C13H22ClN3O. The molecule has 0 aliphatic heterocycles. The van der Waals surface area contributed by atoms with Crippen LogP contribution in [0.2, 0.25) is 5.02 Å². The number of hydrogen-bond acceptors (Lipinski definition) is 3. The topological polar surface area (TPSA) is 41.3 Å². The van der Waals surface area contributed by atoms with Crippen LogP contribution < -0.4 is 0 Å². The molecule has 4 nitrogen and oxygen atoms in total. The summed E-state index contributed by atoms with van der Waals surface area (Å²) in [5.74, 6) is 0.345. The Kier molecular flexibility index (Phi) is 4.65. The van der Waals surface area contributed by atoms with Gasteiger partial charge in [0, 0.05) is 6.54 Å². The lowest BCUT2D eigenvalue weighted by molar-refractivity contribution is 0.101. The lowest BCUT2D eigenvalue weighted by Crippen LogP contribution is -2.22. The van der Waals surface area contributed by atoms with E-state index in [-0.39, 0.29) is 0 Å². The molecule has 1 heterocycles. The number of likely N-dealkylation sites (N-methyl/N-ethyl adjacent to an activating group) is 1. The number of aliphatic hydroxyl groups is 1. The summed E-state index contributed by atoms with van der Waals surface area (Å²) in [7, 11) is 4.05. The van der Waals surface area contributed by atoms with Crippen molar-refractivity contribution in [1.82, 2.24) is 14.7 Å². The predicted octanol–water partition coefficient (Wildman–Crippen LogP) is 2.32. The summed E-state index contributed by atoms with van der Waals surface area (Å²) in [4.78, 5) is 2.10. The molecule has 1 aromatic heterocycles. The summed E-state index contributed by atoms with van der Waals surface area (Å²) in [6, 6.07) is 0. The van der Waals surface area contributed by atoms with E-state index in [9.17, 15) is 5.11 Å². The first-order chi connectivity index (χ1) is 8.59. The van der Waals surface area contributed by atoms with E-state index >= 15 is 0 Å². The van der Waals surface area contributed by atoms with Crippen molar-refractivity contribution in [3.05, 3.63) is 16.9 Å². The van der Waals surface area contributed by atoms with Crippen LogP contribution in [-0.4, -0.2) is 40.4 Å². The smallest absolute Gasteiger partial charge is 0.0999 e. The zero-order valence-electron chi connectivity index (χ0n) is 11.1. The fourth-order valence-electron chi connectivity index (χ4n) is 2.64. The number of rotatable bonds is 5. The fourth-order valence-corrected chi connectivity index (χ4v) is 2.89. The molecule has 1 fully saturated rings. The zero-order valence-corrected chi connectivity index (χ0v) is 11.9. The Morgan fingerprint density at radius 3 is 2.78 bits per heavy atom. The van der Waals surface area contributed by atoms with Gasteiger partial charge in [-0.25, -0.2) is 0 Å². The highest BCUT2D eigenvalue weighted by Crippen LogP contribution is 2.37. The van der Waals surface area contributed by atoms with Gasteiger partial charge < -0.3 is 10.0 Å². The van der Waals surface area contributed by atoms with Crippen LogP contribution in [0.4, 0.5) is 0 Å². The molecule has 1 atom stereocenters. The molecule has 0 saturated heterocycles. The van der Waals surface area contributed by atoms with Crippen molar-refractivity contribution in [2.24, 2.45) is 5.92 Å². The third-order valence-electron chi connectivity index (χ3n) is 3.72. The van der Waals surface area contributed by atoms with Gasteiger partial charge in [-0.05, 0) is 32.9 Å². The van der Waals surface area contributed by atoms with E-state index in [0.29, 0.717) is 10.9 Å². The van der Waals surface area contributed by atoms with Crippen molar-refractivity contribution in [2.45, 2.75) is 38.3 Å². The molecular weight excluding hydrogens is 250 g/mol. The minimum absolute atomic E-state index is 0.345. The normalized spacial score (nSPS) is 18.7. The van der Waals surface area contributed by atoms with Crippen LogP contribution in [0, 0.1) is 5.92 Å². The highest BCUT2D eigenvalue weighted by molar-refractivity contribution is 6.31. The largest absolute Gasteiger partial charge is 0.386 e. The molecule has 5 heteroatoms. The molecule has 1 unspecified atom stereocenters. The average molecular weight is 272 g/mol. The first-order valence-electron chi connectivity index (χ1n) is 6.63. The molecule has 0 bridgehead atoms. The van der Waals surface area contributed by atoms with Gasteiger partial charge >= 0.3 is 0 Å². The standard InChI is InChI=1S/C13H22ClN3O/c1-16(2)7-8-17-12(11(14)9-15-17)13(18)10-5-3-4-6-10/h9-10,13,18H,3-8H2,1-2H3. The predicted molar refractivity (Wildman–Crippen MR) is 72.7 cm³/mol. The molecule has 2 rings (SSSR count). The maximum Gasteiger partial charge on any atom is 0.0999 e. The second-order valence-electron chi connectivity index (χ2n) is 5.39. The molecule has 1 aromatic rings. The Morgan fingerprint density at radius 1 is 1.50 bits per heavy atom. The van der Waals surface area contributed by atoms with Crippen molar-refractivity contribution >= 4 is 11.6 Å². The number of aliphatic hydroxyl groups excluding tert-OH is 1. The second kappa shape index (κ2) is 6.04. The maximum absolute atomic E-state index is 10.5. The zero-order chi connectivity index (χ0) is 13.1. The Bertz CT molecular complexity index is 386. The van der Waals surface area contributed by atoms with Gasteiger partial charge in [-0.15, -0.1) is 0 Å². The van der Waals surface area contributed by atoms with Gasteiger partial charge in [-0.3, -0.25) is 4.68 Å². The second-order valence-corrected chi connectivity index (χ2v) is 5.80. The summed E-state index contributed by atoms with van der Waals surface area (Å²) in [6.07, 6.45) is 5.79. The monoisotopic (exact) mass is 271 g/mol. The van der Waals surface area contributed by atoms with E-state index in [1.165, 1.54) is 12.8 Å². The van der Waals surface area contributed by atoms with E-state index < -0.39 is 6.10 Å². The lowest BCUT2D eigenvalue weighted by atomic mass is 9.98. The third-order valence-corrected chi connectivity index (χ3v) is 4.01. The Balaban J connectivity index is 2.12. The van der Waals surface area contributed by atoms with Gasteiger partial charge in [0.25, 0.3) is 0 Å². The molecule has 18 heavy (non-hydrogen) atoms. The summed E-state index contributed by atoms with van der Waals surface area (Å²) >= 11 is 6.18. The molecule has 1 aliphatic rings. The summed E-state index contributed by atoms with van der Waals surface area (Å²) in [5.41, 5.74) is 0.797. The van der Waals surface area contributed by atoms with E-state index in [1.54, 1.807) is 6.20 Å². The van der Waals surface area contributed by atoms with Crippen LogP contribution in [0.5, 0.6) is 0 Å². The maximum atomic E-state index is 10.5. The van der Waals surface area contributed by atoms with Crippen LogP contribution in [0.1, 0.15) is 37.5 Å². The molecule has 1 saturated carbocycles. The molecule has 102 valence electrons. The van der Waals surface area contributed by atoms with E-state index in [1.807, 2.05) is 18.8 Å². The van der Waals surface area contributed by atoms with Crippen LogP contribution in [0.25, 0.3) is 0 Å². The van der Waals surface area contributed by atoms with E-state index in [0.717, 1.165) is 31.6 Å². The number of halogens is 1. The van der Waals surface area contributed by atoms with E-state index in [2.05, 4.69) is 10.00 Å². The fraction of sp³-hybridized carbons (Fsp3) is 0.769. The van der Waals surface area contributed by atoms with Crippen molar-refractivity contribution in [1.29, 1.82) is 0 Å². The molecule has 0 aromatic carbocycles. The lowest BCUT2D eigenvalue weighted by Gasteiger charge is -2.20. The van der Waals surface area contributed by atoms with Gasteiger partial charge in [0.15, 0.2) is 0 Å². The van der Waals surface area contributed by atoms with Gasteiger partial charge in [0.05, 0.1) is 29.6 Å². The third kappa shape index (κ3) is 3.05. The van der Waals surface area contributed by atoms with Crippen LogP contribution in [0.3, 0.4) is 0 Å². The quantitative estimate of drug-likeness (QED) is 0.894. The summed E-state index contributed by atoms with van der Waals surface area (Å²) < 4.78 is 1.85. The van der Waals surface area contributed by atoms with Gasteiger partial charge in [-0.1, -0.05) is 24.4 Å². The average Bonchev–Trinajstić information content (AvgIpc) is 2.94. The van der Waals surface area contributed by atoms with Crippen molar-refractivity contribution in [2.75, 3.05) is 20.6 Å². The number of hydrogen-bond donors (Lipinski definition) is 1. The van der Waals surface area contributed by atoms with E-state index in [4.69, 9.17) is 11.6 Å². The highest BCUT2D eigenvalue weighted by Gasteiger charge is 2.28. The van der Waals surface area contributed by atoms with Crippen molar-refractivity contribution in [3.8, 4) is 0 Å². The first kappa shape index (κ1) is 13.8. The minimum atomic E-state index is -0.468. The molecule has 0 spiro atoms. The Morgan fingerprint density at radius 2 is 2.17 bits per heavy atom.